The van der Waals surface area contributed by atoms with Gasteiger partial charge in [-0.25, -0.2) is 4.52 Å². The Morgan fingerprint density at radius 2 is 1.89 bits per heavy atom. The minimum atomic E-state index is -0.271. The van der Waals surface area contributed by atoms with Gasteiger partial charge < -0.3 is 10.1 Å². The maximum Gasteiger partial charge on any atom is 0.259 e. The minimum Gasteiger partial charge on any atom is -0.496 e. The van der Waals surface area contributed by atoms with E-state index in [9.17, 15) is 4.79 Å². The molecule has 6 heteroatoms. The van der Waals surface area contributed by atoms with Crippen molar-refractivity contribution < 1.29 is 9.53 Å². The molecule has 0 saturated heterocycles. The van der Waals surface area contributed by atoms with Crippen molar-refractivity contribution in [2.45, 2.75) is 6.92 Å². The lowest BCUT2D eigenvalue weighted by atomic mass is 9.99. The third-order valence-electron chi connectivity index (χ3n) is 4.29. The Kier molecular flexibility index (Phi) is 4.30. The molecular formula is C21H18N4O2. The van der Waals surface area contributed by atoms with Gasteiger partial charge in [0.15, 0.2) is 5.82 Å². The van der Waals surface area contributed by atoms with Gasteiger partial charge in [-0.05, 0) is 31.2 Å². The number of hydrogen-bond donors (Lipinski definition) is 1. The first-order valence-corrected chi connectivity index (χ1v) is 8.51. The number of anilines is 1. The molecule has 6 nitrogen and oxygen atoms in total. The van der Waals surface area contributed by atoms with Crippen LogP contribution in [0.1, 0.15) is 16.1 Å². The van der Waals surface area contributed by atoms with Crippen LogP contribution in [0.15, 0.2) is 67.0 Å². The van der Waals surface area contributed by atoms with E-state index < -0.39 is 0 Å². The van der Waals surface area contributed by atoms with Crippen LogP contribution in [0, 0.1) is 6.92 Å². The van der Waals surface area contributed by atoms with Crippen LogP contribution in [0.5, 0.6) is 5.75 Å². The predicted molar refractivity (Wildman–Crippen MR) is 104 cm³/mol. The van der Waals surface area contributed by atoms with Crippen molar-refractivity contribution in [3.05, 3.63) is 78.2 Å². The number of fused-ring (bicyclic) bond motifs is 1. The fraction of sp³-hybridized carbons (Fsp3) is 0.0952. The number of benzene rings is 1. The van der Waals surface area contributed by atoms with Crippen molar-refractivity contribution in [3.63, 3.8) is 0 Å². The van der Waals surface area contributed by atoms with Crippen LogP contribution in [0.4, 0.5) is 5.82 Å². The van der Waals surface area contributed by atoms with Gasteiger partial charge in [0.2, 0.25) is 0 Å². The molecule has 1 aromatic carbocycles. The summed E-state index contributed by atoms with van der Waals surface area (Å²) in [5.41, 5.74) is 3.79. The average molecular weight is 358 g/mol. The van der Waals surface area contributed by atoms with Gasteiger partial charge in [-0.1, -0.05) is 24.3 Å². The molecule has 0 atom stereocenters. The number of pyridine rings is 2. The Bertz CT molecular complexity index is 1100. The molecule has 3 heterocycles. The Labute approximate surface area is 156 Å². The zero-order valence-corrected chi connectivity index (χ0v) is 15.0. The highest BCUT2D eigenvalue weighted by Gasteiger charge is 2.17. The summed E-state index contributed by atoms with van der Waals surface area (Å²) in [6, 6.07) is 17.0. The van der Waals surface area contributed by atoms with Crippen molar-refractivity contribution in [3.8, 4) is 16.9 Å². The SMILES string of the molecule is COc1ccccc1-c1cc(C)ncc1C(=O)Nc1cc2ccccn2n1. The molecule has 0 radical (unpaired) electrons. The third kappa shape index (κ3) is 3.25. The fourth-order valence-corrected chi connectivity index (χ4v) is 3.01. The number of hydrogen-bond acceptors (Lipinski definition) is 4. The van der Waals surface area contributed by atoms with E-state index in [1.807, 2.05) is 67.7 Å². The maximum atomic E-state index is 13.0. The second kappa shape index (κ2) is 6.92. The zero-order valence-electron chi connectivity index (χ0n) is 15.0. The number of rotatable bonds is 4. The summed E-state index contributed by atoms with van der Waals surface area (Å²) >= 11 is 0. The number of aromatic nitrogens is 3. The highest BCUT2D eigenvalue weighted by atomic mass is 16.5. The van der Waals surface area contributed by atoms with E-state index in [-0.39, 0.29) is 5.91 Å². The second-order valence-electron chi connectivity index (χ2n) is 6.13. The molecule has 4 rings (SSSR count). The lowest BCUT2D eigenvalue weighted by Gasteiger charge is -2.13. The van der Waals surface area contributed by atoms with Crippen LogP contribution in [-0.4, -0.2) is 27.6 Å². The molecule has 4 aromatic rings. The van der Waals surface area contributed by atoms with E-state index in [1.165, 1.54) is 0 Å². The summed E-state index contributed by atoms with van der Waals surface area (Å²) in [5.74, 6) is 0.912. The van der Waals surface area contributed by atoms with Crippen LogP contribution in [-0.2, 0) is 0 Å². The number of nitrogens with zero attached hydrogens (tertiary/aromatic N) is 3. The molecular weight excluding hydrogens is 340 g/mol. The van der Waals surface area contributed by atoms with E-state index in [0.29, 0.717) is 17.1 Å². The number of nitrogens with one attached hydrogen (secondary N) is 1. The van der Waals surface area contributed by atoms with E-state index in [2.05, 4.69) is 15.4 Å². The van der Waals surface area contributed by atoms with Crippen molar-refractivity contribution in [2.75, 3.05) is 12.4 Å². The van der Waals surface area contributed by atoms with Crippen molar-refractivity contribution in [1.82, 2.24) is 14.6 Å². The van der Waals surface area contributed by atoms with Gasteiger partial charge in [-0.15, -0.1) is 0 Å². The first kappa shape index (κ1) is 16.8. The Hall–Kier alpha value is -3.67. The average Bonchev–Trinajstić information content (AvgIpc) is 3.10. The molecule has 1 N–H and O–H groups in total. The summed E-state index contributed by atoms with van der Waals surface area (Å²) in [6.45, 7) is 1.89. The highest BCUT2D eigenvalue weighted by molar-refractivity contribution is 6.08. The molecule has 27 heavy (non-hydrogen) atoms. The van der Waals surface area contributed by atoms with Crippen LogP contribution in [0.2, 0.25) is 0 Å². The summed E-state index contributed by atoms with van der Waals surface area (Å²) in [7, 11) is 1.61. The van der Waals surface area contributed by atoms with Crippen molar-refractivity contribution >= 4 is 17.2 Å². The fourth-order valence-electron chi connectivity index (χ4n) is 3.01. The highest BCUT2D eigenvalue weighted by Crippen LogP contribution is 2.32. The largest absolute Gasteiger partial charge is 0.496 e. The number of carbonyl (C=O) groups excluding carboxylic acids is 1. The number of carbonyl (C=O) groups is 1. The third-order valence-corrected chi connectivity index (χ3v) is 4.29. The van der Waals surface area contributed by atoms with E-state index in [0.717, 1.165) is 22.3 Å². The first-order chi connectivity index (χ1) is 13.2. The lowest BCUT2D eigenvalue weighted by Crippen LogP contribution is -2.14. The van der Waals surface area contributed by atoms with E-state index in [4.69, 9.17) is 4.74 Å². The zero-order chi connectivity index (χ0) is 18.8. The number of amides is 1. The lowest BCUT2D eigenvalue weighted by molar-refractivity contribution is 0.102. The quantitative estimate of drug-likeness (QED) is 0.599. The van der Waals surface area contributed by atoms with E-state index in [1.54, 1.807) is 17.8 Å². The summed E-state index contributed by atoms with van der Waals surface area (Å²) < 4.78 is 7.18. The topological polar surface area (TPSA) is 68.5 Å². The van der Waals surface area contributed by atoms with Gasteiger partial charge in [-0.2, -0.15) is 5.10 Å². The van der Waals surface area contributed by atoms with Crippen LogP contribution in [0.3, 0.4) is 0 Å². The molecule has 0 spiro atoms. The summed E-state index contributed by atoms with van der Waals surface area (Å²) in [5, 5.41) is 7.23. The van der Waals surface area contributed by atoms with Gasteiger partial charge in [0, 0.05) is 35.3 Å². The van der Waals surface area contributed by atoms with Gasteiger partial charge >= 0.3 is 0 Å². The van der Waals surface area contributed by atoms with Gasteiger partial charge in [0.1, 0.15) is 5.75 Å². The number of para-hydroxylation sites is 1. The molecule has 0 aliphatic carbocycles. The summed E-state index contributed by atoms with van der Waals surface area (Å²) in [6.07, 6.45) is 3.42. The number of ether oxygens (including phenoxy) is 1. The molecule has 0 aliphatic heterocycles. The van der Waals surface area contributed by atoms with Crippen LogP contribution in [0.25, 0.3) is 16.6 Å². The van der Waals surface area contributed by atoms with Gasteiger partial charge in [-0.3, -0.25) is 9.78 Å². The van der Waals surface area contributed by atoms with Gasteiger partial charge in [0.25, 0.3) is 5.91 Å². The normalized spacial score (nSPS) is 10.7. The Morgan fingerprint density at radius 1 is 1.07 bits per heavy atom. The monoisotopic (exact) mass is 358 g/mol. The minimum absolute atomic E-state index is 0.271. The molecule has 1 amide bonds. The van der Waals surface area contributed by atoms with Crippen LogP contribution >= 0.6 is 0 Å². The molecule has 0 bridgehead atoms. The van der Waals surface area contributed by atoms with Gasteiger partial charge in [0.05, 0.1) is 18.2 Å². The standard InChI is InChI=1S/C21H18N4O2/c1-14-11-17(16-8-3-4-9-19(16)27-2)18(13-22-14)21(26)23-20-12-15-7-5-6-10-25(15)24-20/h3-13H,1-2H3,(H,23,24,26). The Balaban J connectivity index is 1.73. The number of methoxy groups -OCH3 is 1. The maximum absolute atomic E-state index is 13.0. The molecule has 3 aromatic heterocycles. The molecule has 0 unspecified atom stereocenters. The van der Waals surface area contributed by atoms with Crippen molar-refractivity contribution in [2.24, 2.45) is 0 Å². The van der Waals surface area contributed by atoms with E-state index >= 15 is 0 Å². The smallest absolute Gasteiger partial charge is 0.259 e. The Morgan fingerprint density at radius 3 is 2.70 bits per heavy atom. The molecule has 0 aliphatic rings. The predicted octanol–water partition coefficient (Wildman–Crippen LogP) is 3.97. The molecule has 0 fully saturated rings. The summed E-state index contributed by atoms with van der Waals surface area (Å²) in [4.78, 5) is 17.3. The van der Waals surface area contributed by atoms with Crippen LogP contribution < -0.4 is 10.1 Å². The molecule has 0 saturated carbocycles. The number of aryl methyl sites for hydroxylation is 1. The van der Waals surface area contributed by atoms with Crippen molar-refractivity contribution in [1.29, 1.82) is 0 Å². The molecule has 134 valence electrons. The second-order valence-corrected chi connectivity index (χ2v) is 6.13. The first-order valence-electron chi connectivity index (χ1n) is 8.51.